The SMILES string of the molecule is CCN(CC)c1nc2c(s1)c(=O)[nH]c1c(C(=O)OC)cccc12. The minimum Gasteiger partial charge on any atom is -0.465 e. The topological polar surface area (TPSA) is 75.3 Å². The molecule has 0 fully saturated rings. The van der Waals surface area contributed by atoms with Gasteiger partial charge in [0, 0.05) is 18.5 Å². The van der Waals surface area contributed by atoms with Gasteiger partial charge in [-0.25, -0.2) is 9.78 Å². The van der Waals surface area contributed by atoms with Gasteiger partial charge >= 0.3 is 5.97 Å². The summed E-state index contributed by atoms with van der Waals surface area (Å²) in [6.07, 6.45) is 0. The van der Waals surface area contributed by atoms with Gasteiger partial charge in [0.15, 0.2) is 5.13 Å². The smallest absolute Gasteiger partial charge is 0.339 e. The lowest BCUT2D eigenvalue weighted by Gasteiger charge is -2.16. The molecule has 120 valence electrons. The second-order valence-electron chi connectivity index (χ2n) is 5.02. The van der Waals surface area contributed by atoms with E-state index in [9.17, 15) is 9.59 Å². The predicted molar refractivity (Wildman–Crippen MR) is 92.6 cm³/mol. The number of carbonyl (C=O) groups excluding carboxylic acids is 1. The standard InChI is InChI=1S/C16H17N3O3S/c1-4-19(5-2)16-18-12-9-7-6-8-10(15(21)22-3)11(9)17-14(20)13(12)23-16/h6-8H,4-5H2,1-3H3,(H,17,20). The zero-order chi connectivity index (χ0) is 16.6. The first-order valence-electron chi connectivity index (χ1n) is 7.39. The fourth-order valence-corrected chi connectivity index (χ4v) is 3.71. The highest BCUT2D eigenvalue weighted by atomic mass is 32.1. The van der Waals surface area contributed by atoms with E-state index >= 15 is 0 Å². The van der Waals surface area contributed by atoms with Crippen molar-refractivity contribution in [2.24, 2.45) is 0 Å². The molecule has 0 spiro atoms. The van der Waals surface area contributed by atoms with Crippen LogP contribution in [0, 0.1) is 0 Å². The maximum absolute atomic E-state index is 12.4. The minimum absolute atomic E-state index is 0.236. The van der Waals surface area contributed by atoms with Crippen LogP contribution in [0.2, 0.25) is 0 Å². The van der Waals surface area contributed by atoms with E-state index in [0.29, 0.717) is 21.3 Å². The second-order valence-corrected chi connectivity index (χ2v) is 6.00. The fourth-order valence-electron chi connectivity index (χ4n) is 2.61. The van der Waals surface area contributed by atoms with Crippen LogP contribution in [0.15, 0.2) is 23.0 Å². The number of nitrogens with zero attached hydrogens (tertiary/aromatic N) is 2. The lowest BCUT2D eigenvalue weighted by atomic mass is 10.1. The highest BCUT2D eigenvalue weighted by Crippen LogP contribution is 2.31. The Kier molecular flexibility index (Phi) is 4.04. The summed E-state index contributed by atoms with van der Waals surface area (Å²) >= 11 is 1.37. The Labute approximate surface area is 136 Å². The normalized spacial score (nSPS) is 11.1. The van der Waals surface area contributed by atoms with Gasteiger partial charge in [0.2, 0.25) is 0 Å². The molecule has 0 aliphatic carbocycles. The Hall–Kier alpha value is -2.41. The molecule has 0 saturated carbocycles. The van der Waals surface area contributed by atoms with E-state index in [0.717, 1.165) is 23.6 Å². The van der Waals surface area contributed by atoms with Crippen LogP contribution in [-0.4, -0.2) is 36.1 Å². The van der Waals surface area contributed by atoms with Crippen LogP contribution in [0.1, 0.15) is 24.2 Å². The first-order chi connectivity index (χ1) is 11.1. The number of anilines is 1. The number of benzene rings is 1. The summed E-state index contributed by atoms with van der Waals surface area (Å²) in [6, 6.07) is 5.25. The summed E-state index contributed by atoms with van der Waals surface area (Å²) in [5.74, 6) is -0.482. The molecule has 0 bridgehead atoms. The van der Waals surface area contributed by atoms with Gasteiger partial charge in [0.1, 0.15) is 4.70 Å². The number of carbonyl (C=O) groups is 1. The van der Waals surface area contributed by atoms with E-state index in [-0.39, 0.29) is 5.56 Å². The van der Waals surface area contributed by atoms with Gasteiger partial charge in [-0.15, -0.1) is 0 Å². The Balaban J connectivity index is 2.35. The molecule has 1 aromatic carbocycles. The maximum Gasteiger partial charge on any atom is 0.339 e. The van der Waals surface area contributed by atoms with Crippen LogP contribution < -0.4 is 10.5 Å². The van der Waals surface area contributed by atoms with Gasteiger partial charge in [0.25, 0.3) is 5.56 Å². The number of fused-ring (bicyclic) bond motifs is 3. The van der Waals surface area contributed by atoms with Crippen molar-refractivity contribution in [2.45, 2.75) is 13.8 Å². The zero-order valence-electron chi connectivity index (χ0n) is 13.2. The Morgan fingerprint density at radius 2 is 2.09 bits per heavy atom. The summed E-state index contributed by atoms with van der Waals surface area (Å²) in [7, 11) is 1.32. The van der Waals surface area contributed by atoms with Gasteiger partial charge < -0.3 is 14.6 Å². The molecule has 1 N–H and O–H groups in total. The number of hydrogen-bond donors (Lipinski definition) is 1. The van der Waals surface area contributed by atoms with Crippen LogP contribution in [0.3, 0.4) is 0 Å². The molecule has 6 nitrogen and oxygen atoms in total. The van der Waals surface area contributed by atoms with Crippen molar-refractivity contribution >= 4 is 43.6 Å². The molecular formula is C16H17N3O3S. The zero-order valence-corrected chi connectivity index (χ0v) is 14.0. The molecule has 0 radical (unpaired) electrons. The van der Waals surface area contributed by atoms with Gasteiger partial charge in [-0.3, -0.25) is 4.79 Å². The molecule has 3 aromatic rings. The van der Waals surface area contributed by atoms with Crippen LogP contribution in [-0.2, 0) is 4.74 Å². The molecule has 23 heavy (non-hydrogen) atoms. The van der Waals surface area contributed by atoms with Gasteiger partial charge in [-0.1, -0.05) is 23.5 Å². The van der Waals surface area contributed by atoms with Crippen molar-refractivity contribution in [1.82, 2.24) is 9.97 Å². The molecule has 0 atom stereocenters. The third-order valence-electron chi connectivity index (χ3n) is 3.82. The van der Waals surface area contributed by atoms with E-state index in [1.807, 2.05) is 19.9 Å². The van der Waals surface area contributed by atoms with Crippen molar-refractivity contribution in [3.63, 3.8) is 0 Å². The lowest BCUT2D eigenvalue weighted by Crippen LogP contribution is -2.21. The van der Waals surface area contributed by atoms with Crippen molar-refractivity contribution < 1.29 is 9.53 Å². The minimum atomic E-state index is -0.482. The van der Waals surface area contributed by atoms with Crippen LogP contribution in [0.4, 0.5) is 5.13 Å². The number of hydrogen-bond acceptors (Lipinski definition) is 6. The average Bonchev–Trinajstić information content (AvgIpc) is 3.01. The average molecular weight is 331 g/mol. The van der Waals surface area contributed by atoms with Crippen LogP contribution >= 0.6 is 11.3 Å². The van der Waals surface area contributed by atoms with Gasteiger partial charge in [0.05, 0.1) is 23.7 Å². The van der Waals surface area contributed by atoms with Gasteiger partial charge in [-0.2, -0.15) is 0 Å². The quantitative estimate of drug-likeness (QED) is 0.744. The largest absolute Gasteiger partial charge is 0.465 e. The molecule has 0 unspecified atom stereocenters. The molecule has 7 heteroatoms. The third kappa shape index (κ3) is 2.46. The number of aromatic amines is 1. The summed E-state index contributed by atoms with van der Waals surface area (Å²) in [4.78, 5) is 33.9. The number of aromatic nitrogens is 2. The van der Waals surface area contributed by atoms with Crippen molar-refractivity contribution in [3.05, 3.63) is 34.1 Å². The van der Waals surface area contributed by atoms with E-state index in [2.05, 4.69) is 14.9 Å². The number of methoxy groups -OCH3 is 1. The molecule has 2 heterocycles. The van der Waals surface area contributed by atoms with Gasteiger partial charge in [-0.05, 0) is 19.9 Å². The number of pyridine rings is 1. The summed E-state index contributed by atoms with van der Waals surface area (Å²) in [5, 5.41) is 1.56. The van der Waals surface area contributed by atoms with E-state index in [1.54, 1.807) is 12.1 Å². The fraction of sp³-hybridized carbons (Fsp3) is 0.312. The molecule has 0 saturated heterocycles. The van der Waals surface area contributed by atoms with Crippen molar-refractivity contribution in [2.75, 3.05) is 25.1 Å². The van der Waals surface area contributed by atoms with Crippen LogP contribution in [0.5, 0.6) is 0 Å². The number of H-pyrrole nitrogens is 1. The summed E-state index contributed by atoms with van der Waals surface area (Å²) in [5.41, 5.74) is 1.19. The predicted octanol–water partition coefficient (Wildman–Crippen LogP) is 2.77. The van der Waals surface area contributed by atoms with E-state index in [1.165, 1.54) is 18.4 Å². The first-order valence-corrected chi connectivity index (χ1v) is 8.21. The summed E-state index contributed by atoms with van der Waals surface area (Å²) < 4.78 is 5.36. The first kappa shape index (κ1) is 15.5. The monoisotopic (exact) mass is 331 g/mol. The number of ether oxygens (including phenoxy) is 1. The number of thiazole rings is 1. The van der Waals surface area contributed by atoms with Crippen molar-refractivity contribution in [3.8, 4) is 0 Å². The molecule has 0 aliphatic heterocycles. The van der Waals surface area contributed by atoms with Crippen molar-refractivity contribution in [1.29, 1.82) is 0 Å². The van der Waals surface area contributed by atoms with E-state index in [4.69, 9.17) is 4.74 Å². The van der Waals surface area contributed by atoms with Crippen LogP contribution in [0.25, 0.3) is 21.1 Å². The molecule has 2 aromatic heterocycles. The Morgan fingerprint density at radius 1 is 1.35 bits per heavy atom. The highest BCUT2D eigenvalue weighted by molar-refractivity contribution is 7.22. The molecule has 3 rings (SSSR count). The number of para-hydroxylation sites is 1. The summed E-state index contributed by atoms with van der Waals surface area (Å²) in [6.45, 7) is 5.74. The van der Waals surface area contributed by atoms with E-state index < -0.39 is 5.97 Å². The highest BCUT2D eigenvalue weighted by Gasteiger charge is 2.18. The Morgan fingerprint density at radius 3 is 2.74 bits per heavy atom. The number of esters is 1. The third-order valence-corrected chi connectivity index (χ3v) is 4.93. The Bertz CT molecular complexity index is 941. The maximum atomic E-state index is 12.4. The number of rotatable bonds is 4. The second kappa shape index (κ2) is 6.00. The lowest BCUT2D eigenvalue weighted by molar-refractivity contribution is 0.0603. The number of nitrogens with one attached hydrogen (secondary N) is 1. The molecule has 0 aliphatic rings. The molecule has 0 amide bonds. The molecular weight excluding hydrogens is 314 g/mol.